The van der Waals surface area contributed by atoms with Crippen LogP contribution in [0.1, 0.15) is 10.5 Å². The van der Waals surface area contributed by atoms with Gasteiger partial charge in [0.25, 0.3) is 5.91 Å². The molecule has 0 bridgehead atoms. The van der Waals surface area contributed by atoms with Crippen LogP contribution in [0.4, 0.5) is 0 Å². The fraction of sp³-hybridized carbons (Fsp3) is 0.231. The monoisotopic (exact) mass is 278 g/mol. The number of carbonyl (C=O) groups is 1. The molecule has 0 unspecified atom stereocenters. The van der Waals surface area contributed by atoms with E-state index in [4.69, 9.17) is 0 Å². The number of thioether (sulfide) groups is 2. The summed E-state index contributed by atoms with van der Waals surface area (Å²) in [5.41, 5.74) is 1.67. The molecule has 0 N–H and O–H groups in total. The van der Waals surface area contributed by atoms with Crippen molar-refractivity contribution in [2.24, 2.45) is 12.0 Å². The lowest BCUT2D eigenvalue weighted by Gasteiger charge is -2.01. The average Bonchev–Trinajstić information content (AvgIpc) is 2.74. The van der Waals surface area contributed by atoms with Crippen molar-refractivity contribution in [3.8, 4) is 0 Å². The Balaban J connectivity index is 2.45. The lowest BCUT2D eigenvalue weighted by atomic mass is 10.2. The maximum absolute atomic E-state index is 12.1. The van der Waals surface area contributed by atoms with Crippen molar-refractivity contribution in [3.63, 3.8) is 0 Å². The highest BCUT2D eigenvalue weighted by Crippen LogP contribution is 2.20. The van der Waals surface area contributed by atoms with E-state index in [0.29, 0.717) is 5.69 Å². The van der Waals surface area contributed by atoms with E-state index in [1.165, 1.54) is 23.5 Å². The second kappa shape index (κ2) is 5.63. The van der Waals surface area contributed by atoms with E-state index in [1.54, 1.807) is 0 Å². The molecule has 0 atom stereocenters. The number of hydrogen-bond acceptors (Lipinski definition) is 3. The first-order valence-corrected chi connectivity index (χ1v) is 7.87. The highest BCUT2D eigenvalue weighted by atomic mass is 32.2. The van der Waals surface area contributed by atoms with Crippen molar-refractivity contribution in [1.82, 2.24) is 4.57 Å². The Morgan fingerprint density at radius 3 is 2.50 bits per heavy atom. The number of amides is 1. The molecule has 0 radical (unpaired) electrons. The minimum absolute atomic E-state index is 0.188. The van der Waals surface area contributed by atoms with Crippen molar-refractivity contribution >= 4 is 44.7 Å². The lowest BCUT2D eigenvalue weighted by molar-refractivity contribution is 0.0996. The van der Waals surface area contributed by atoms with Crippen LogP contribution in [0, 0.1) is 0 Å². The summed E-state index contributed by atoms with van der Waals surface area (Å²) in [6, 6.07) is 9.82. The lowest BCUT2D eigenvalue weighted by Crippen LogP contribution is -2.04. The molecule has 0 saturated heterocycles. The fourth-order valence-corrected chi connectivity index (χ4v) is 2.82. The van der Waals surface area contributed by atoms with E-state index in [9.17, 15) is 4.79 Å². The Hall–Kier alpha value is -1.20. The van der Waals surface area contributed by atoms with Gasteiger partial charge in [-0.05, 0) is 24.6 Å². The van der Waals surface area contributed by atoms with Crippen LogP contribution in [0.2, 0.25) is 0 Å². The first-order valence-electron chi connectivity index (χ1n) is 5.43. The van der Waals surface area contributed by atoms with Crippen molar-refractivity contribution in [1.29, 1.82) is 0 Å². The zero-order chi connectivity index (χ0) is 13.1. The summed E-state index contributed by atoms with van der Waals surface area (Å²) in [5, 5.41) is 1.06. The summed E-state index contributed by atoms with van der Waals surface area (Å²) >= 11 is 2.98. The van der Waals surface area contributed by atoms with Gasteiger partial charge in [0.2, 0.25) is 0 Å². The van der Waals surface area contributed by atoms with Crippen LogP contribution in [0.5, 0.6) is 0 Å². The topological polar surface area (TPSA) is 34.4 Å². The Morgan fingerprint density at radius 1 is 1.22 bits per heavy atom. The first kappa shape index (κ1) is 13.2. The molecule has 0 saturated carbocycles. The Morgan fingerprint density at radius 2 is 1.89 bits per heavy atom. The van der Waals surface area contributed by atoms with Gasteiger partial charge in [-0.3, -0.25) is 4.79 Å². The highest BCUT2D eigenvalue weighted by molar-refractivity contribution is 8.38. The molecule has 0 aliphatic rings. The maximum atomic E-state index is 12.1. The molecule has 0 fully saturated rings. The molecule has 3 nitrogen and oxygen atoms in total. The number of aliphatic imine (C=N–C) groups is 1. The van der Waals surface area contributed by atoms with Gasteiger partial charge in [-0.25, -0.2) is 0 Å². The molecule has 94 valence electrons. The molecule has 5 heteroatoms. The fourth-order valence-electron chi connectivity index (χ4n) is 1.81. The number of para-hydroxylation sites is 1. The van der Waals surface area contributed by atoms with Gasteiger partial charge in [0.05, 0.1) is 0 Å². The summed E-state index contributed by atoms with van der Waals surface area (Å²) in [6.07, 6.45) is 3.84. The summed E-state index contributed by atoms with van der Waals surface area (Å²) in [4.78, 5) is 16.3. The molecule has 0 spiro atoms. The molecule has 1 aromatic carbocycles. The Labute approximate surface area is 115 Å². The van der Waals surface area contributed by atoms with Gasteiger partial charge in [-0.15, -0.1) is 23.5 Å². The number of fused-ring (bicyclic) bond motifs is 1. The van der Waals surface area contributed by atoms with E-state index in [-0.39, 0.29) is 5.91 Å². The molecule has 0 aliphatic heterocycles. The minimum Gasteiger partial charge on any atom is -0.340 e. The van der Waals surface area contributed by atoms with Crippen LogP contribution in [0.25, 0.3) is 10.9 Å². The third-order valence-electron chi connectivity index (χ3n) is 2.71. The standard InChI is InChI=1S/C13H14N2OS2/c1-15-10-7-5-4-6-9(10)8-11(15)12(16)14-13(17-2)18-3/h4-8H,1-3H3. The summed E-state index contributed by atoms with van der Waals surface area (Å²) in [6.45, 7) is 0. The second-order valence-electron chi connectivity index (χ2n) is 3.74. The second-order valence-corrected chi connectivity index (χ2v) is 5.59. The third kappa shape index (κ3) is 2.47. The third-order valence-corrected chi connectivity index (χ3v) is 4.59. The van der Waals surface area contributed by atoms with Gasteiger partial charge in [0, 0.05) is 18.0 Å². The predicted octanol–water partition coefficient (Wildman–Crippen LogP) is 3.40. The van der Waals surface area contributed by atoms with E-state index < -0.39 is 0 Å². The molecule has 1 heterocycles. The molecule has 1 amide bonds. The quantitative estimate of drug-likeness (QED) is 0.592. The van der Waals surface area contributed by atoms with Gasteiger partial charge in [-0.2, -0.15) is 4.99 Å². The van der Waals surface area contributed by atoms with Gasteiger partial charge in [-0.1, -0.05) is 18.2 Å². The number of nitrogens with zero attached hydrogens (tertiary/aromatic N) is 2. The normalized spacial score (nSPS) is 10.6. The number of hydrogen-bond donors (Lipinski definition) is 0. The number of benzene rings is 1. The number of carbonyl (C=O) groups excluding carboxylic acids is 1. The van der Waals surface area contributed by atoms with Gasteiger partial charge < -0.3 is 4.57 Å². The van der Waals surface area contributed by atoms with Gasteiger partial charge >= 0.3 is 0 Å². The number of rotatable bonds is 1. The Kier molecular flexibility index (Phi) is 4.14. The van der Waals surface area contributed by atoms with Gasteiger partial charge in [0.1, 0.15) is 10.1 Å². The molecule has 1 aromatic heterocycles. The summed E-state index contributed by atoms with van der Waals surface area (Å²) in [5.74, 6) is -0.188. The largest absolute Gasteiger partial charge is 0.340 e. The molecule has 18 heavy (non-hydrogen) atoms. The highest BCUT2D eigenvalue weighted by Gasteiger charge is 2.13. The van der Waals surface area contributed by atoms with E-state index >= 15 is 0 Å². The van der Waals surface area contributed by atoms with Crippen molar-refractivity contribution in [2.75, 3.05) is 12.5 Å². The maximum Gasteiger partial charge on any atom is 0.295 e. The number of aromatic nitrogens is 1. The summed E-state index contributed by atoms with van der Waals surface area (Å²) in [7, 11) is 1.89. The van der Waals surface area contributed by atoms with Crippen LogP contribution in [-0.2, 0) is 7.05 Å². The van der Waals surface area contributed by atoms with E-state index in [0.717, 1.165) is 15.3 Å². The molecule has 2 rings (SSSR count). The zero-order valence-corrected chi connectivity index (χ0v) is 12.1. The minimum atomic E-state index is -0.188. The summed E-state index contributed by atoms with van der Waals surface area (Å²) < 4.78 is 2.67. The zero-order valence-electron chi connectivity index (χ0n) is 10.5. The van der Waals surface area contributed by atoms with Crippen LogP contribution in [0.15, 0.2) is 35.3 Å². The van der Waals surface area contributed by atoms with E-state index in [1.807, 2.05) is 54.5 Å². The van der Waals surface area contributed by atoms with Crippen LogP contribution < -0.4 is 0 Å². The van der Waals surface area contributed by atoms with E-state index in [2.05, 4.69) is 4.99 Å². The molecular formula is C13H14N2OS2. The molecular weight excluding hydrogens is 264 g/mol. The SMILES string of the molecule is CSC(=NC(=O)c1cc2ccccc2n1C)SC. The van der Waals surface area contributed by atoms with Crippen LogP contribution in [0.3, 0.4) is 0 Å². The van der Waals surface area contributed by atoms with Crippen LogP contribution >= 0.6 is 23.5 Å². The van der Waals surface area contributed by atoms with Gasteiger partial charge in [0.15, 0.2) is 0 Å². The smallest absolute Gasteiger partial charge is 0.295 e. The Bertz CT molecular complexity index is 610. The van der Waals surface area contributed by atoms with Crippen molar-refractivity contribution in [2.45, 2.75) is 0 Å². The molecule has 2 aromatic rings. The van der Waals surface area contributed by atoms with Crippen molar-refractivity contribution < 1.29 is 4.79 Å². The predicted molar refractivity (Wildman–Crippen MR) is 81.7 cm³/mol. The van der Waals surface area contributed by atoms with Crippen LogP contribution in [-0.4, -0.2) is 27.4 Å². The first-order chi connectivity index (χ1) is 8.67. The molecule has 0 aliphatic carbocycles. The number of aryl methyl sites for hydroxylation is 1. The van der Waals surface area contributed by atoms with Crippen molar-refractivity contribution in [3.05, 3.63) is 36.0 Å². The average molecular weight is 278 g/mol.